The van der Waals surface area contributed by atoms with Crippen molar-refractivity contribution in [2.75, 3.05) is 19.1 Å². The summed E-state index contributed by atoms with van der Waals surface area (Å²) in [4.78, 5) is 7.15. The van der Waals surface area contributed by atoms with Crippen molar-refractivity contribution in [1.82, 2.24) is 0 Å². The molecule has 0 bridgehead atoms. The Bertz CT molecular complexity index is 1500. The van der Waals surface area contributed by atoms with E-state index < -0.39 is 0 Å². The SMILES string of the molecule is COc1ccc2c(c1)Sc1c(ccc(OC)c1-c1ccc(N(c3ccccc3)c3ccccc3)cc1)S2. The highest BCUT2D eigenvalue weighted by Crippen LogP contribution is 2.54. The summed E-state index contributed by atoms with van der Waals surface area (Å²) in [5.41, 5.74) is 5.57. The lowest BCUT2D eigenvalue weighted by molar-refractivity contribution is 0.413. The van der Waals surface area contributed by atoms with Crippen LogP contribution in [0.5, 0.6) is 11.5 Å². The van der Waals surface area contributed by atoms with Crippen LogP contribution >= 0.6 is 23.5 Å². The Balaban J connectivity index is 1.42. The number of nitrogens with zero attached hydrogens (tertiary/aromatic N) is 1. The van der Waals surface area contributed by atoms with Crippen LogP contribution in [0.25, 0.3) is 11.1 Å². The van der Waals surface area contributed by atoms with Crippen LogP contribution in [0.2, 0.25) is 0 Å². The van der Waals surface area contributed by atoms with Crippen LogP contribution in [-0.4, -0.2) is 14.2 Å². The van der Waals surface area contributed by atoms with Gasteiger partial charge in [0.15, 0.2) is 0 Å². The standard InChI is InChI=1S/C32H25NO2S2/c1-34-26-17-19-28-30(21-26)37-32-29(36-28)20-18-27(35-2)31(32)22-13-15-25(16-14-22)33(23-9-5-3-6-10-23)24-11-7-4-8-12-24/h3-21H,1-2H3. The molecule has 3 nitrogen and oxygen atoms in total. The average Bonchev–Trinajstić information content (AvgIpc) is 2.97. The Hall–Kier alpha value is -3.80. The van der Waals surface area contributed by atoms with E-state index >= 15 is 0 Å². The summed E-state index contributed by atoms with van der Waals surface area (Å²) in [6, 6.07) is 40.2. The van der Waals surface area contributed by atoms with Gasteiger partial charge in [0.1, 0.15) is 11.5 Å². The number of benzene rings is 5. The van der Waals surface area contributed by atoms with Crippen LogP contribution in [0.3, 0.4) is 0 Å². The lowest BCUT2D eigenvalue weighted by Gasteiger charge is -2.26. The maximum absolute atomic E-state index is 5.86. The molecule has 0 amide bonds. The summed E-state index contributed by atoms with van der Waals surface area (Å²) in [6.07, 6.45) is 0. The second-order valence-corrected chi connectivity index (χ2v) is 10.7. The molecular weight excluding hydrogens is 494 g/mol. The fourth-order valence-electron chi connectivity index (χ4n) is 4.56. The summed E-state index contributed by atoms with van der Waals surface area (Å²) in [7, 11) is 3.45. The summed E-state index contributed by atoms with van der Waals surface area (Å²) in [6.45, 7) is 0. The van der Waals surface area contributed by atoms with Gasteiger partial charge in [-0.05, 0) is 72.3 Å². The topological polar surface area (TPSA) is 21.7 Å². The van der Waals surface area contributed by atoms with Gasteiger partial charge in [0.25, 0.3) is 0 Å². The van der Waals surface area contributed by atoms with Crippen LogP contribution < -0.4 is 14.4 Å². The minimum atomic E-state index is 0.867. The predicted octanol–water partition coefficient (Wildman–Crippen LogP) is 9.46. The largest absolute Gasteiger partial charge is 0.497 e. The normalized spacial score (nSPS) is 11.8. The lowest BCUT2D eigenvalue weighted by atomic mass is 10.0. The fourth-order valence-corrected chi connectivity index (χ4v) is 6.97. The first-order valence-corrected chi connectivity index (χ1v) is 13.6. The van der Waals surface area contributed by atoms with Crippen molar-refractivity contribution in [3.63, 3.8) is 0 Å². The van der Waals surface area contributed by atoms with E-state index in [1.165, 1.54) is 19.6 Å². The van der Waals surface area contributed by atoms with E-state index in [9.17, 15) is 0 Å². The van der Waals surface area contributed by atoms with E-state index in [1.54, 1.807) is 37.7 Å². The number of ether oxygens (including phenoxy) is 2. The molecule has 5 heteroatoms. The van der Waals surface area contributed by atoms with Gasteiger partial charge in [-0.2, -0.15) is 0 Å². The first-order chi connectivity index (χ1) is 18.2. The van der Waals surface area contributed by atoms with Crippen molar-refractivity contribution in [2.45, 2.75) is 19.6 Å². The monoisotopic (exact) mass is 519 g/mol. The molecule has 0 radical (unpaired) electrons. The molecule has 0 N–H and O–H groups in total. The molecule has 37 heavy (non-hydrogen) atoms. The summed E-state index contributed by atoms with van der Waals surface area (Å²) in [5.74, 6) is 1.74. The summed E-state index contributed by atoms with van der Waals surface area (Å²) >= 11 is 3.57. The minimum absolute atomic E-state index is 0.867. The average molecular weight is 520 g/mol. The van der Waals surface area contributed by atoms with Gasteiger partial charge in [0, 0.05) is 42.2 Å². The van der Waals surface area contributed by atoms with E-state index in [-0.39, 0.29) is 0 Å². The third-order valence-electron chi connectivity index (χ3n) is 6.33. The molecule has 5 aromatic rings. The highest BCUT2D eigenvalue weighted by molar-refractivity contribution is 8.05. The van der Waals surface area contributed by atoms with Gasteiger partial charge >= 0.3 is 0 Å². The number of fused-ring (bicyclic) bond motifs is 2. The van der Waals surface area contributed by atoms with Crippen molar-refractivity contribution in [3.05, 3.63) is 115 Å². The fraction of sp³-hybridized carbons (Fsp3) is 0.0625. The molecule has 0 spiro atoms. The van der Waals surface area contributed by atoms with E-state index in [2.05, 4.69) is 102 Å². The molecule has 1 heterocycles. The van der Waals surface area contributed by atoms with Crippen molar-refractivity contribution in [2.24, 2.45) is 0 Å². The molecule has 0 atom stereocenters. The zero-order chi connectivity index (χ0) is 25.2. The lowest BCUT2D eigenvalue weighted by Crippen LogP contribution is -2.09. The summed E-state index contributed by atoms with van der Waals surface area (Å²) in [5, 5.41) is 0. The van der Waals surface area contributed by atoms with Gasteiger partial charge in [-0.25, -0.2) is 0 Å². The zero-order valence-corrected chi connectivity index (χ0v) is 22.2. The van der Waals surface area contributed by atoms with Gasteiger partial charge in [0.2, 0.25) is 0 Å². The van der Waals surface area contributed by atoms with E-state index in [4.69, 9.17) is 9.47 Å². The van der Waals surface area contributed by atoms with E-state index in [0.29, 0.717) is 0 Å². The molecule has 182 valence electrons. The van der Waals surface area contributed by atoms with Gasteiger partial charge in [-0.3, -0.25) is 0 Å². The Morgan fingerprint density at radius 1 is 0.541 bits per heavy atom. The molecule has 0 aliphatic carbocycles. The van der Waals surface area contributed by atoms with Crippen molar-refractivity contribution >= 4 is 40.6 Å². The number of methoxy groups -OCH3 is 2. The van der Waals surface area contributed by atoms with Crippen molar-refractivity contribution < 1.29 is 9.47 Å². The molecular formula is C32H25NO2S2. The van der Waals surface area contributed by atoms with Gasteiger partial charge in [-0.1, -0.05) is 72.1 Å². The number of rotatable bonds is 6. The molecule has 0 unspecified atom stereocenters. The molecule has 5 aromatic carbocycles. The third kappa shape index (κ3) is 4.57. The highest BCUT2D eigenvalue weighted by atomic mass is 32.2. The van der Waals surface area contributed by atoms with Gasteiger partial charge < -0.3 is 14.4 Å². The Kier molecular flexibility index (Phi) is 6.56. The second kappa shape index (κ2) is 10.3. The van der Waals surface area contributed by atoms with Crippen LogP contribution in [0.1, 0.15) is 0 Å². The molecule has 1 aliphatic rings. The van der Waals surface area contributed by atoms with Gasteiger partial charge in [0.05, 0.1) is 14.2 Å². The Labute approximate surface area is 226 Å². The first-order valence-electron chi connectivity index (χ1n) is 12.0. The van der Waals surface area contributed by atoms with Crippen LogP contribution in [0.15, 0.2) is 135 Å². The maximum atomic E-state index is 5.86. The Morgan fingerprint density at radius 2 is 1.16 bits per heavy atom. The van der Waals surface area contributed by atoms with E-state index in [1.807, 2.05) is 18.2 Å². The molecule has 0 saturated heterocycles. The van der Waals surface area contributed by atoms with Crippen molar-refractivity contribution in [1.29, 1.82) is 0 Å². The van der Waals surface area contributed by atoms with E-state index in [0.717, 1.165) is 39.7 Å². The first kappa shape index (κ1) is 23.6. The van der Waals surface area contributed by atoms with Crippen LogP contribution in [-0.2, 0) is 0 Å². The third-order valence-corrected chi connectivity index (χ3v) is 8.91. The number of para-hydroxylation sites is 2. The van der Waals surface area contributed by atoms with Crippen LogP contribution in [0.4, 0.5) is 17.1 Å². The number of hydrogen-bond acceptors (Lipinski definition) is 5. The molecule has 0 saturated carbocycles. The highest BCUT2D eigenvalue weighted by Gasteiger charge is 2.24. The smallest absolute Gasteiger partial charge is 0.127 e. The van der Waals surface area contributed by atoms with Crippen LogP contribution in [0, 0.1) is 0 Å². The molecule has 1 aliphatic heterocycles. The molecule has 6 rings (SSSR count). The van der Waals surface area contributed by atoms with Gasteiger partial charge in [-0.15, -0.1) is 0 Å². The number of anilines is 3. The van der Waals surface area contributed by atoms with Crippen molar-refractivity contribution in [3.8, 4) is 22.6 Å². The zero-order valence-electron chi connectivity index (χ0n) is 20.5. The predicted molar refractivity (Wildman–Crippen MR) is 154 cm³/mol. The number of hydrogen-bond donors (Lipinski definition) is 0. The summed E-state index contributed by atoms with van der Waals surface area (Å²) < 4.78 is 11.3. The Morgan fingerprint density at radius 3 is 1.78 bits per heavy atom. The molecule has 0 aromatic heterocycles. The minimum Gasteiger partial charge on any atom is -0.497 e. The molecule has 0 fully saturated rings. The maximum Gasteiger partial charge on any atom is 0.127 e. The quantitative estimate of drug-likeness (QED) is 0.218. The second-order valence-electron chi connectivity index (χ2n) is 8.54.